The lowest BCUT2D eigenvalue weighted by molar-refractivity contribution is -0.121. The van der Waals surface area contributed by atoms with E-state index >= 15 is 0 Å². The number of carbonyl (C=O) groups excluding carboxylic acids is 1. The molecule has 0 radical (unpaired) electrons. The van der Waals surface area contributed by atoms with Crippen LogP contribution in [0.2, 0.25) is 0 Å². The van der Waals surface area contributed by atoms with Crippen LogP contribution in [0, 0.1) is 5.82 Å². The van der Waals surface area contributed by atoms with E-state index in [2.05, 4.69) is 5.32 Å². The Kier molecular flexibility index (Phi) is 8.00. The van der Waals surface area contributed by atoms with Gasteiger partial charge in [-0.05, 0) is 43.9 Å². The van der Waals surface area contributed by atoms with E-state index in [0.29, 0.717) is 19.4 Å². The van der Waals surface area contributed by atoms with Crippen LogP contribution in [-0.2, 0) is 10.2 Å². The lowest BCUT2D eigenvalue weighted by Gasteiger charge is -2.38. The molecule has 1 aromatic carbocycles. The number of nitrogens with one attached hydrogen (secondary N) is 1. The van der Waals surface area contributed by atoms with Crippen LogP contribution >= 0.6 is 12.4 Å². The van der Waals surface area contributed by atoms with Gasteiger partial charge in [0.15, 0.2) is 0 Å². The molecule has 130 valence electrons. The molecule has 1 saturated carbocycles. The number of benzene rings is 1. The minimum Gasteiger partial charge on any atom is -0.355 e. The zero-order valence-electron chi connectivity index (χ0n) is 13.8. The summed E-state index contributed by atoms with van der Waals surface area (Å²) in [4.78, 5) is 12.0. The van der Waals surface area contributed by atoms with E-state index in [-0.39, 0.29) is 35.6 Å². The van der Waals surface area contributed by atoms with Gasteiger partial charge >= 0.3 is 0 Å². The van der Waals surface area contributed by atoms with Crippen molar-refractivity contribution >= 4 is 18.3 Å². The van der Waals surface area contributed by atoms with Gasteiger partial charge in [0.2, 0.25) is 5.91 Å². The number of carbonyl (C=O) groups is 1. The number of halogens is 2. The van der Waals surface area contributed by atoms with E-state index in [0.717, 1.165) is 31.2 Å². The minimum absolute atomic E-state index is 0. The summed E-state index contributed by atoms with van der Waals surface area (Å²) in [6.45, 7) is 2.55. The van der Waals surface area contributed by atoms with Gasteiger partial charge in [0.05, 0.1) is 0 Å². The molecule has 0 saturated heterocycles. The third-order valence-corrected chi connectivity index (χ3v) is 4.72. The topological polar surface area (TPSA) is 55.1 Å². The molecule has 3 nitrogen and oxygen atoms in total. The van der Waals surface area contributed by atoms with Crippen molar-refractivity contribution in [3.05, 3.63) is 35.6 Å². The summed E-state index contributed by atoms with van der Waals surface area (Å²) in [7, 11) is 0. The second kappa shape index (κ2) is 9.24. The number of hydrogen-bond acceptors (Lipinski definition) is 2. The monoisotopic (exact) mass is 342 g/mol. The maximum Gasteiger partial charge on any atom is 0.220 e. The molecule has 23 heavy (non-hydrogen) atoms. The summed E-state index contributed by atoms with van der Waals surface area (Å²) in [5.41, 5.74) is 6.79. The van der Waals surface area contributed by atoms with Crippen molar-refractivity contribution in [3.8, 4) is 0 Å². The van der Waals surface area contributed by atoms with Gasteiger partial charge in [0.25, 0.3) is 0 Å². The number of nitrogens with two attached hydrogens (primary N) is 1. The highest BCUT2D eigenvalue weighted by atomic mass is 35.5. The molecular formula is C18H28ClFN2O. The Morgan fingerprint density at radius 2 is 1.87 bits per heavy atom. The average Bonchev–Trinajstić information content (AvgIpc) is 2.52. The van der Waals surface area contributed by atoms with Gasteiger partial charge < -0.3 is 11.1 Å². The Balaban J connectivity index is 0.00000264. The molecule has 1 amide bonds. The highest BCUT2D eigenvalue weighted by Gasteiger charge is 2.34. The Bertz CT molecular complexity index is 484. The molecule has 0 aliphatic heterocycles. The first-order valence-corrected chi connectivity index (χ1v) is 8.30. The fourth-order valence-electron chi connectivity index (χ4n) is 3.31. The van der Waals surface area contributed by atoms with E-state index in [4.69, 9.17) is 5.73 Å². The lowest BCUT2D eigenvalue weighted by atomic mass is 9.69. The summed E-state index contributed by atoms with van der Waals surface area (Å²) < 4.78 is 13.2. The quantitative estimate of drug-likeness (QED) is 0.828. The summed E-state index contributed by atoms with van der Waals surface area (Å²) in [5.74, 6) is -0.153. The van der Waals surface area contributed by atoms with Crippen molar-refractivity contribution in [3.63, 3.8) is 0 Å². The van der Waals surface area contributed by atoms with Crippen LogP contribution < -0.4 is 11.1 Å². The van der Waals surface area contributed by atoms with Crippen molar-refractivity contribution < 1.29 is 9.18 Å². The lowest BCUT2D eigenvalue weighted by Crippen LogP contribution is -2.42. The van der Waals surface area contributed by atoms with Gasteiger partial charge in [0, 0.05) is 24.4 Å². The molecule has 3 N–H and O–H groups in total. The first-order valence-electron chi connectivity index (χ1n) is 8.30. The van der Waals surface area contributed by atoms with Crippen LogP contribution in [0.15, 0.2) is 24.3 Å². The Hall–Kier alpha value is -1.13. The number of amides is 1. The van der Waals surface area contributed by atoms with Crippen LogP contribution in [0.3, 0.4) is 0 Å². The van der Waals surface area contributed by atoms with E-state index in [1.807, 2.05) is 19.1 Å². The van der Waals surface area contributed by atoms with Crippen LogP contribution in [0.25, 0.3) is 0 Å². The molecule has 1 aromatic rings. The standard InChI is InChI=1S/C18H27FN2O.ClH/c1-14(20)5-10-17(22)21-13-18(11-3-2-4-12-18)15-6-8-16(19)9-7-15;/h6-9,14H,2-5,10-13,20H2,1H3,(H,21,22);1H. The molecule has 1 atom stereocenters. The van der Waals surface area contributed by atoms with Gasteiger partial charge in [0.1, 0.15) is 5.82 Å². The third-order valence-electron chi connectivity index (χ3n) is 4.72. The van der Waals surface area contributed by atoms with Crippen molar-refractivity contribution in [2.24, 2.45) is 5.73 Å². The number of rotatable bonds is 6. The van der Waals surface area contributed by atoms with Crippen molar-refractivity contribution in [1.82, 2.24) is 5.32 Å². The zero-order valence-corrected chi connectivity index (χ0v) is 14.6. The van der Waals surface area contributed by atoms with Gasteiger partial charge in [-0.25, -0.2) is 4.39 Å². The van der Waals surface area contributed by atoms with E-state index in [1.54, 1.807) is 0 Å². The van der Waals surface area contributed by atoms with Gasteiger partial charge in [-0.3, -0.25) is 4.79 Å². The molecule has 0 bridgehead atoms. The molecule has 0 heterocycles. The van der Waals surface area contributed by atoms with Crippen molar-refractivity contribution in [2.45, 2.75) is 63.3 Å². The second-order valence-electron chi connectivity index (χ2n) is 6.64. The average molecular weight is 343 g/mol. The van der Waals surface area contributed by atoms with Crippen molar-refractivity contribution in [2.75, 3.05) is 6.54 Å². The summed E-state index contributed by atoms with van der Waals surface area (Å²) in [6.07, 6.45) is 6.83. The highest BCUT2D eigenvalue weighted by molar-refractivity contribution is 5.85. The molecule has 0 aromatic heterocycles. The maximum absolute atomic E-state index is 13.2. The zero-order chi connectivity index (χ0) is 16.0. The summed E-state index contributed by atoms with van der Waals surface area (Å²) >= 11 is 0. The largest absolute Gasteiger partial charge is 0.355 e. The Morgan fingerprint density at radius 3 is 2.43 bits per heavy atom. The van der Waals surface area contributed by atoms with Gasteiger partial charge in [-0.15, -0.1) is 12.4 Å². The SMILES string of the molecule is CC(N)CCC(=O)NCC1(c2ccc(F)cc2)CCCCC1.Cl. The minimum atomic E-state index is -0.212. The molecule has 1 aliphatic rings. The first-order chi connectivity index (χ1) is 10.5. The molecule has 1 unspecified atom stereocenters. The Labute approximate surface area is 144 Å². The normalized spacial score (nSPS) is 17.9. The maximum atomic E-state index is 13.2. The van der Waals surface area contributed by atoms with E-state index < -0.39 is 0 Å². The van der Waals surface area contributed by atoms with Crippen LogP contribution in [-0.4, -0.2) is 18.5 Å². The molecule has 1 fully saturated rings. The Morgan fingerprint density at radius 1 is 1.26 bits per heavy atom. The molecule has 5 heteroatoms. The van der Waals surface area contributed by atoms with Gasteiger partial charge in [-0.2, -0.15) is 0 Å². The third kappa shape index (κ3) is 5.78. The molecule has 2 rings (SSSR count). The molecule has 0 spiro atoms. The summed E-state index contributed by atoms with van der Waals surface area (Å²) in [6, 6.07) is 6.82. The molecular weight excluding hydrogens is 315 g/mol. The van der Waals surface area contributed by atoms with Crippen LogP contribution in [0.4, 0.5) is 4.39 Å². The van der Waals surface area contributed by atoms with Gasteiger partial charge in [-0.1, -0.05) is 31.4 Å². The van der Waals surface area contributed by atoms with E-state index in [1.165, 1.54) is 18.6 Å². The summed E-state index contributed by atoms with van der Waals surface area (Å²) in [5, 5.41) is 3.07. The van der Waals surface area contributed by atoms with Crippen LogP contribution in [0.1, 0.15) is 57.4 Å². The van der Waals surface area contributed by atoms with Crippen LogP contribution in [0.5, 0.6) is 0 Å². The molecule has 1 aliphatic carbocycles. The highest BCUT2D eigenvalue weighted by Crippen LogP contribution is 2.39. The first kappa shape index (κ1) is 19.9. The number of hydrogen-bond donors (Lipinski definition) is 2. The fraction of sp³-hybridized carbons (Fsp3) is 0.611. The van der Waals surface area contributed by atoms with Crippen molar-refractivity contribution in [1.29, 1.82) is 0 Å². The predicted molar refractivity (Wildman–Crippen MR) is 94.3 cm³/mol. The smallest absolute Gasteiger partial charge is 0.220 e. The van der Waals surface area contributed by atoms with E-state index in [9.17, 15) is 9.18 Å². The second-order valence-corrected chi connectivity index (χ2v) is 6.64. The predicted octanol–water partition coefficient (Wildman–Crippen LogP) is 3.69. The fourth-order valence-corrected chi connectivity index (χ4v) is 3.31.